The molecule has 1 aromatic rings. The van der Waals surface area contributed by atoms with Crippen LogP contribution in [0, 0.1) is 5.92 Å². The molecule has 1 saturated heterocycles. The van der Waals surface area contributed by atoms with E-state index in [0.29, 0.717) is 31.5 Å². The molecular weight excluding hydrogens is 280 g/mol. The van der Waals surface area contributed by atoms with Crippen molar-refractivity contribution in [1.82, 2.24) is 10.6 Å². The summed E-state index contributed by atoms with van der Waals surface area (Å²) < 4.78 is 11.0. The van der Waals surface area contributed by atoms with Crippen molar-refractivity contribution in [3.05, 3.63) is 29.8 Å². The summed E-state index contributed by atoms with van der Waals surface area (Å²) in [6.45, 7) is 7.44. The number of hydrogen-bond donors (Lipinski definition) is 2. The second-order valence-electron chi connectivity index (χ2n) is 5.91. The third-order valence-corrected chi connectivity index (χ3v) is 3.76. The summed E-state index contributed by atoms with van der Waals surface area (Å²) in [6.07, 6.45) is 1.02. The lowest BCUT2D eigenvalue weighted by Crippen LogP contribution is -2.40. The average Bonchev–Trinajstić information content (AvgIpc) is 3.03. The number of para-hydroxylation sites is 1. The summed E-state index contributed by atoms with van der Waals surface area (Å²) in [6, 6.07) is 7.87. The van der Waals surface area contributed by atoms with Gasteiger partial charge < -0.3 is 20.1 Å². The predicted molar refractivity (Wildman–Crippen MR) is 86.4 cm³/mol. The second-order valence-corrected chi connectivity index (χ2v) is 5.91. The van der Waals surface area contributed by atoms with E-state index in [9.17, 15) is 4.79 Å². The van der Waals surface area contributed by atoms with E-state index in [2.05, 4.69) is 30.5 Å². The van der Waals surface area contributed by atoms with E-state index in [0.717, 1.165) is 25.4 Å². The minimum Gasteiger partial charge on any atom is -0.491 e. The quantitative estimate of drug-likeness (QED) is 0.761. The normalized spacial score (nSPS) is 17.5. The van der Waals surface area contributed by atoms with Crippen molar-refractivity contribution in [2.24, 2.45) is 5.92 Å². The maximum atomic E-state index is 11.7. The number of amides is 2. The van der Waals surface area contributed by atoms with Gasteiger partial charge in [-0.3, -0.25) is 0 Å². The molecule has 1 aliphatic rings. The Morgan fingerprint density at radius 3 is 2.91 bits per heavy atom. The molecule has 2 rings (SSSR count). The molecule has 0 spiro atoms. The van der Waals surface area contributed by atoms with Crippen LogP contribution in [-0.4, -0.2) is 38.9 Å². The summed E-state index contributed by atoms with van der Waals surface area (Å²) >= 11 is 0. The number of rotatable bonds is 7. The van der Waals surface area contributed by atoms with E-state index in [4.69, 9.17) is 9.47 Å². The van der Waals surface area contributed by atoms with Crippen molar-refractivity contribution in [3.63, 3.8) is 0 Å². The Hall–Kier alpha value is -1.75. The zero-order valence-electron chi connectivity index (χ0n) is 13.4. The van der Waals surface area contributed by atoms with Gasteiger partial charge in [0.25, 0.3) is 0 Å². The van der Waals surface area contributed by atoms with Gasteiger partial charge in [-0.05, 0) is 24.0 Å². The molecule has 0 aromatic heterocycles. The SMILES string of the molecule is CC(C)c1ccccc1OCCNC(=O)NCC1CCOC1. The first-order valence-corrected chi connectivity index (χ1v) is 7.98. The molecule has 0 bridgehead atoms. The number of nitrogens with one attached hydrogen (secondary N) is 2. The van der Waals surface area contributed by atoms with E-state index in [1.165, 1.54) is 5.56 Å². The van der Waals surface area contributed by atoms with Crippen LogP contribution in [0.25, 0.3) is 0 Å². The highest BCUT2D eigenvalue weighted by Gasteiger charge is 2.16. The van der Waals surface area contributed by atoms with E-state index in [1.807, 2.05) is 18.2 Å². The van der Waals surface area contributed by atoms with E-state index >= 15 is 0 Å². The Kier molecular flexibility index (Phi) is 6.52. The van der Waals surface area contributed by atoms with Gasteiger partial charge in [0.2, 0.25) is 0 Å². The van der Waals surface area contributed by atoms with Crippen LogP contribution in [0.4, 0.5) is 4.79 Å². The molecule has 5 nitrogen and oxygen atoms in total. The number of hydrogen-bond acceptors (Lipinski definition) is 3. The Morgan fingerprint density at radius 1 is 1.36 bits per heavy atom. The zero-order valence-corrected chi connectivity index (χ0v) is 13.4. The zero-order chi connectivity index (χ0) is 15.8. The van der Waals surface area contributed by atoms with Gasteiger partial charge in [0, 0.05) is 19.1 Å². The van der Waals surface area contributed by atoms with Crippen molar-refractivity contribution in [1.29, 1.82) is 0 Å². The third-order valence-electron chi connectivity index (χ3n) is 3.76. The van der Waals surface area contributed by atoms with Crippen LogP contribution in [-0.2, 0) is 4.74 Å². The molecule has 0 radical (unpaired) electrons. The Bertz CT molecular complexity index is 471. The first kappa shape index (κ1) is 16.6. The van der Waals surface area contributed by atoms with E-state index < -0.39 is 0 Å². The monoisotopic (exact) mass is 306 g/mol. The van der Waals surface area contributed by atoms with Gasteiger partial charge in [0.15, 0.2) is 0 Å². The van der Waals surface area contributed by atoms with Crippen LogP contribution < -0.4 is 15.4 Å². The van der Waals surface area contributed by atoms with Crippen molar-refractivity contribution >= 4 is 6.03 Å². The summed E-state index contributed by atoms with van der Waals surface area (Å²) in [4.78, 5) is 11.7. The van der Waals surface area contributed by atoms with Crippen LogP contribution >= 0.6 is 0 Å². The molecule has 22 heavy (non-hydrogen) atoms. The van der Waals surface area contributed by atoms with Crippen LogP contribution in [0.15, 0.2) is 24.3 Å². The Morgan fingerprint density at radius 2 is 2.18 bits per heavy atom. The third kappa shape index (κ3) is 5.22. The lowest BCUT2D eigenvalue weighted by Gasteiger charge is -2.14. The predicted octanol–water partition coefficient (Wildman–Crippen LogP) is 2.52. The number of carbonyl (C=O) groups is 1. The fourth-order valence-corrected chi connectivity index (χ4v) is 2.46. The van der Waals surface area contributed by atoms with E-state index in [1.54, 1.807) is 0 Å². The number of benzene rings is 1. The first-order valence-electron chi connectivity index (χ1n) is 7.98. The number of urea groups is 1. The topological polar surface area (TPSA) is 59.6 Å². The molecule has 0 saturated carbocycles. The number of ether oxygens (including phenoxy) is 2. The molecular formula is C17H26N2O3. The van der Waals surface area contributed by atoms with Gasteiger partial charge in [-0.1, -0.05) is 32.0 Å². The molecule has 122 valence electrons. The van der Waals surface area contributed by atoms with Crippen LogP contribution in [0.2, 0.25) is 0 Å². The molecule has 1 atom stereocenters. The van der Waals surface area contributed by atoms with Gasteiger partial charge in [-0.15, -0.1) is 0 Å². The summed E-state index contributed by atoms with van der Waals surface area (Å²) in [5.41, 5.74) is 1.19. The number of carbonyl (C=O) groups excluding carboxylic acids is 1. The van der Waals surface area contributed by atoms with Crippen LogP contribution in [0.1, 0.15) is 31.7 Å². The minimum absolute atomic E-state index is 0.146. The van der Waals surface area contributed by atoms with Gasteiger partial charge in [0.1, 0.15) is 12.4 Å². The molecule has 1 fully saturated rings. The standard InChI is InChI=1S/C17H26N2O3/c1-13(2)15-5-3-4-6-16(15)22-10-8-18-17(20)19-11-14-7-9-21-12-14/h3-6,13-14H,7-12H2,1-2H3,(H2,18,19,20). The van der Waals surface area contributed by atoms with Crippen LogP contribution in [0.3, 0.4) is 0 Å². The summed E-state index contributed by atoms with van der Waals surface area (Å²) in [7, 11) is 0. The smallest absolute Gasteiger partial charge is 0.314 e. The molecule has 2 amide bonds. The van der Waals surface area contributed by atoms with Gasteiger partial charge in [-0.25, -0.2) is 4.79 Å². The van der Waals surface area contributed by atoms with Crippen LogP contribution in [0.5, 0.6) is 5.75 Å². The maximum Gasteiger partial charge on any atom is 0.314 e. The molecule has 1 aliphatic heterocycles. The first-order chi connectivity index (χ1) is 10.7. The lowest BCUT2D eigenvalue weighted by atomic mass is 10.0. The van der Waals surface area contributed by atoms with Crippen molar-refractivity contribution in [2.75, 3.05) is 32.9 Å². The summed E-state index contributed by atoms with van der Waals surface area (Å²) in [5.74, 6) is 1.75. The maximum absolute atomic E-state index is 11.7. The molecule has 1 unspecified atom stereocenters. The molecule has 1 heterocycles. The highest BCUT2D eigenvalue weighted by atomic mass is 16.5. The highest BCUT2D eigenvalue weighted by molar-refractivity contribution is 5.73. The Balaban J connectivity index is 1.63. The average molecular weight is 306 g/mol. The second kappa shape index (κ2) is 8.63. The summed E-state index contributed by atoms with van der Waals surface area (Å²) in [5, 5.41) is 5.68. The lowest BCUT2D eigenvalue weighted by molar-refractivity contribution is 0.185. The minimum atomic E-state index is -0.146. The van der Waals surface area contributed by atoms with Crippen molar-refractivity contribution < 1.29 is 14.3 Å². The van der Waals surface area contributed by atoms with Crippen molar-refractivity contribution in [3.8, 4) is 5.75 Å². The fourth-order valence-electron chi connectivity index (χ4n) is 2.46. The highest BCUT2D eigenvalue weighted by Crippen LogP contribution is 2.25. The molecule has 2 N–H and O–H groups in total. The largest absolute Gasteiger partial charge is 0.491 e. The van der Waals surface area contributed by atoms with Gasteiger partial charge in [-0.2, -0.15) is 0 Å². The van der Waals surface area contributed by atoms with Gasteiger partial charge >= 0.3 is 6.03 Å². The Labute approximate surface area is 132 Å². The molecule has 1 aromatic carbocycles. The molecule has 0 aliphatic carbocycles. The molecule has 5 heteroatoms. The van der Waals surface area contributed by atoms with Gasteiger partial charge in [0.05, 0.1) is 13.2 Å². The van der Waals surface area contributed by atoms with Crippen molar-refractivity contribution in [2.45, 2.75) is 26.2 Å². The van der Waals surface area contributed by atoms with E-state index in [-0.39, 0.29) is 6.03 Å². The fraction of sp³-hybridized carbons (Fsp3) is 0.588.